The van der Waals surface area contributed by atoms with Crippen molar-refractivity contribution >= 4 is 38.8 Å². The second kappa shape index (κ2) is 12.3. The molecule has 8 nitrogen and oxygen atoms in total. The van der Waals surface area contributed by atoms with Crippen LogP contribution >= 0.6 is 11.3 Å². The molecule has 2 aliphatic rings. The Morgan fingerprint density at radius 3 is 2.32 bits per heavy atom. The van der Waals surface area contributed by atoms with Crippen molar-refractivity contribution in [1.29, 1.82) is 0 Å². The van der Waals surface area contributed by atoms with Gasteiger partial charge in [-0.05, 0) is 56.4 Å². The molecule has 0 unspecified atom stereocenters. The topological polar surface area (TPSA) is 112 Å². The van der Waals surface area contributed by atoms with Crippen LogP contribution in [0.3, 0.4) is 0 Å². The highest BCUT2D eigenvalue weighted by atomic mass is 32.2. The molecule has 5 rings (SSSR count). The smallest absolute Gasteiger partial charge is 0.475 e. The maximum absolute atomic E-state index is 15.1. The lowest BCUT2D eigenvalue weighted by Gasteiger charge is -2.24. The number of hydrogen-bond acceptors (Lipinski definition) is 7. The zero-order valence-corrected chi connectivity index (χ0v) is 23.3. The predicted molar refractivity (Wildman–Crippen MR) is 143 cm³/mol. The van der Waals surface area contributed by atoms with Crippen LogP contribution in [0.2, 0.25) is 0 Å². The summed E-state index contributed by atoms with van der Waals surface area (Å²) in [6.45, 7) is 2.38. The van der Waals surface area contributed by atoms with Crippen molar-refractivity contribution in [3.05, 3.63) is 69.5 Å². The highest BCUT2D eigenvalue weighted by molar-refractivity contribution is 7.92. The van der Waals surface area contributed by atoms with Crippen LogP contribution in [0, 0.1) is 18.6 Å². The van der Waals surface area contributed by atoms with Crippen LogP contribution in [0.4, 0.5) is 33.5 Å². The van der Waals surface area contributed by atoms with Crippen LogP contribution in [0.1, 0.15) is 42.4 Å². The van der Waals surface area contributed by atoms with E-state index in [0.29, 0.717) is 29.9 Å². The molecule has 2 fully saturated rings. The molecule has 0 aliphatic carbocycles. The second-order valence-corrected chi connectivity index (χ2v) is 12.1. The van der Waals surface area contributed by atoms with Gasteiger partial charge in [-0.1, -0.05) is 12.1 Å². The molecular weight excluding hydrogens is 591 g/mol. The van der Waals surface area contributed by atoms with Gasteiger partial charge in [0.05, 0.1) is 5.51 Å². The fourth-order valence-corrected chi connectivity index (χ4v) is 6.81. The molecule has 3 heterocycles. The standard InChI is InChI=1S/C24H26F2N4O2S2.C2HF3O2/c1-15-21(9-10-22(24(15)26)34(31,32)29-23-13-33-14-28-23)27-11-19-16(3-2-4-20(19)25)12-30-17-5-6-18(30)8-7-17;3-2(4,5)1(6)7/h2-4,9-10,13-14,17-18,27,29H,5-8,11-12H2,1H3;(H,6,7). The van der Waals surface area contributed by atoms with Crippen LogP contribution in [0.15, 0.2) is 46.1 Å². The Morgan fingerprint density at radius 2 is 1.76 bits per heavy atom. The summed E-state index contributed by atoms with van der Waals surface area (Å²) in [7, 11) is -4.13. The number of benzene rings is 2. The molecule has 2 saturated heterocycles. The lowest BCUT2D eigenvalue weighted by atomic mass is 10.0. The minimum Gasteiger partial charge on any atom is -0.475 e. The summed E-state index contributed by atoms with van der Waals surface area (Å²) in [5.74, 6) is -3.77. The number of carboxylic acid groups (broad SMARTS) is 1. The Kier molecular flexibility index (Phi) is 9.19. The Balaban J connectivity index is 0.000000493. The number of carbonyl (C=O) groups is 1. The highest BCUT2D eigenvalue weighted by Gasteiger charge is 2.39. The summed E-state index contributed by atoms with van der Waals surface area (Å²) in [6.07, 6.45) is -0.255. The van der Waals surface area contributed by atoms with E-state index in [2.05, 4.69) is 19.9 Å². The maximum Gasteiger partial charge on any atom is 0.490 e. The van der Waals surface area contributed by atoms with Gasteiger partial charge in [0.1, 0.15) is 16.5 Å². The Bertz CT molecular complexity index is 1480. The number of nitrogens with zero attached hydrogens (tertiary/aromatic N) is 2. The maximum atomic E-state index is 15.1. The van der Waals surface area contributed by atoms with Gasteiger partial charge in [-0.25, -0.2) is 27.0 Å². The van der Waals surface area contributed by atoms with E-state index in [1.165, 1.54) is 73.0 Å². The number of aliphatic carboxylic acids is 1. The molecule has 41 heavy (non-hydrogen) atoms. The van der Waals surface area contributed by atoms with Gasteiger partial charge in [0.15, 0.2) is 5.82 Å². The van der Waals surface area contributed by atoms with Gasteiger partial charge in [-0.2, -0.15) is 13.2 Å². The molecular formula is C26H27F5N4O4S2. The molecule has 222 valence electrons. The number of rotatable bonds is 8. The van der Waals surface area contributed by atoms with Crippen LogP contribution in [-0.2, 0) is 27.9 Å². The Morgan fingerprint density at radius 1 is 1.12 bits per heavy atom. The molecule has 3 aromatic rings. The minimum atomic E-state index is -5.08. The number of hydrogen-bond donors (Lipinski definition) is 3. The van der Waals surface area contributed by atoms with Crippen molar-refractivity contribution in [2.45, 2.75) is 68.9 Å². The first-order valence-electron chi connectivity index (χ1n) is 12.5. The lowest BCUT2D eigenvalue weighted by Crippen LogP contribution is -2.28. The number of halogens is 5. The molecule has 0 radical (unpaired) electrons. The van der Waals surface area contributed by atoms with Gasteiger partial charge >= 0.3 is 12.1 Å². The first kappa shape index (κ1) is 30.7. The monoisotopic (exact) mass is 618 g/mol. The second-order valence-electron chi connectivity index (χ2n) is 9.70. The first-order chi connectivity index (χ1) is 19.3. The number of thiazole rings is 1. The number of carboxylic acids is 1. The fraction of sp³-hybridized carbons (Fsp3) is 0.385. The zero-order chi connectivity index (χ0) is 29.9. The number of sulfonamides is 1. The number of aromatic nitrogens is 1. The minimum absolute atomic E-state index is 0.141. The third-order valence-electron chi connectivity index (χ3n) is 7.18. The average Bonchev–Trinajstić information content (AvgIpc) is 3.64. The molecule has 2 bridgehead atoms. The normalized spacial score (nSPS) is 18.6. The fourth-order valence-electron chi connectivity index (χ4n) is 5.12. The number of anilines is 2. The van der Waals surface area contributed by atoms with Crippen molar-refractivity contribution < 1.29 is 40.3 Å². The molecule has 0 atom stereocenters. The van der Waals surface area contributed by atoms with Gasteiger partial charge in [-0.3, -0.25) is 9.62 Å². The Labute approximate surface area is 237 Å². The molecule has 2 aromatic carbocycles. The van der Waals surface area contributed by atoms with Gasteiger partial charge in [0, 0.05) is 47.4 Å². The van der Waals surface area contributed by atoms with E-state index < -0.39 is 32.9 Å². The van der Waals surface area contributed by atoms with Gasteiger partial charge in [0.2, 0.25) is 0 Å². The van der Waals surface area contributed by atoms with E-state index >= 15 is 4.39 Å². The zero-order valence-electron chi connectivity index (χ0n) is 21.7. The molecule has 2 aliphatic heterocycles. The van der Waals surface area contributed by atoms with E-state index in [1.807, 2.05) is 6.07 Å². The SMILES string of the molecule is Cc1c(NCc2c(F)cccc2CN2C3CCC2CC3)ccc(S(=O)(=O)Nc2cscn2)c1F.O=C(O)C(F)(F)F. The Hall–Kier alpha value is -3.30. The van der Waals surface area contributed by atoms with Crippen LogP contribution in [0.5, 0.6) is 0 Å². The van der Waals surface area contributed by atoms with E-state index in [9.17, 15) is 26.0 Å². The number of nitrogens with one attached hydrogen (secondary N) is 2. The van der Waals surface area contributed by atoms with Crippen LogP contribution < -0.4 is 10.0 Å². The quantitative estimate of drug-likeness (QED) is 0.270. The molecule has 0 amide bonds. The molecule has 15 heteroatoms. The summed E-state index contributed by atoms with van der Waals surface area (Å²) < 4.78 is 89.1. The molecule has 3 N–H and O–H groups in total. The number of alkyl halides is 3. The van der Waals surface area contributed by atoms with Crippen molar-refractivity contribution in [2.75, 3.05) is 10.0 Å². The summed E-state index contributed by atoms with van der Waals surface area (Å²) in [5.41, 5.74) is 3.53. The third-order valence-corrected chi connectivity index (χ3v) is 9.14. The molecule has 0 saturated carbocycles. The van der Waals surface area contributed by atoms with E-state index in [4.69, 9.17) is 9.90 Å². The highest BCUT2D eigenvalue weighted by Crippen LogP contribution is 2.39. The van der Waals surface area contributed by atoms with Crippen molar-refractivity contribution in [1.82, 2.24) is 9.88 Å². The largest absolute Gasteiger partial charge is 0.490 e. The van der Waals surface area contributed by atoms with Gasteiger partial charge in [-0.15, -0.1) is 11.3 Å². The summed E-state index contributed by atoms with van der Waals surface area (Å²) in [5, 5.41) is 11.8. The van der Waals surface area contributed by atoms with Crippen LogP contribution in [-0.4, -0.2) is 47.6 Å². The van der Waals surface area contributed by atoms with E-state index in [0.717, 1.165) is 5.56 Å². The lowest BCUT2D eigenvalue weighted by molar-refractivity contribution is -0.192. The molecule has 1 aromatic heterocycles. The van der Waals surface area contributed by atoms with E-state index in [-0.39, 0.29) is 23.7 Å². The third kappa shape index (κ3) is 7.13. The van der Waals surface area contributed by atoms with Crippen molar-refractivity contribution in [3.63, 3.8) is 0 Å². The summed E-state index contributed by atoms with van der Waals surface area (Å²) in [6, 6.07) is 9.00. The summed E-state index contributed by atoms with van der Waals surface area (Å²) in [4.78, 5) is 14.8. The van der Waals surface area contributed by atoms with Crippen molar-refractivity contribution in [3.8, 4) is 0 Å². The van der Waals surface area contributed by atoms with Crippen LogP contribution in [0.25, 0.3) is 0 Å². The summed E-state index contributed by atoms with van der Waals surface area (Å²) >= 11 is 1.23. The first-order valence-corrected chi connectivity index (χ1v) is 15.0. The van der Waals surface area contributed by atoms with Gasteiger partial charge in [0.25, 0.3) is 10.0 Å². The van der Waals surface area contributed by atoms with Gasteiger partial charge < -0.3 is 10.4 Å². The molecule has 0 spiro atoms. The predicted octanol–water partition coefficient (Wildman–Crippen LogP) is 5.90. The number of fused-ring (bicyclic) bond motifs is 2. The van der Waals surface area contributed by atoms with Crippen molar-refractivity contribution in [2.24, 2.45) is 0 Å². The van der Waals surface area contributed by atoms with E-state index in [1.54, 1.807) is 6.07 Å². The average molecular weight is 619 g/mol.